The quantitative estimate of drug-likeness (QED) is 0.309. The van der Waals surface area contributed by atoms with Gasteiger partial charge in [0.25, 0.3) is 11.7 Å². The molecule has 3 aromatic rings. The van der Waals surface area contributed by atoms with Crippen LogP contribution in [-0.2, 0) is 16.1 Å². The number of likely N-dealkylation sites (tertiary alicyclic amines) is 1. The molecule has 1 fully saturated rings. The van der Waals surface area contributed by atoms with Gasteiger partial charge in [0, 0.05) is 24.5 Å². The topological polar surface area (TPSA) is 79.7 Å². The second kappa shape index (κ2) is 9.87. The van der Waals surface area contributed by atoms with Crippen molar-refractivity contribution in [2.75, 3.05) is 6.61 Å². The fourth-order valence-electron chi connectivity index (χ4n) is 3.88. The SMILES string of the molecule is CC(C)COc1cccc(C2/C(=C(/O)c3ccc(F)cc3)C(=O)C(=O)N2Cc2cccnc2)c1. The lowest BCUT2D eigenvalue weighted by Crippen LogP contribution is -2.29. The number of pyridine rings is 1. The van der Waals surface area contributed by atoms with E-state index >= 15 is 0 Å². The Kier molecular flexibility index (Phi) is 6.72. The van der Waals surface area contributed by atoms with Gasteiger partial charge >= 0.3 is 0 Å². The average molecular weight is 461 g/mol. The predicted molar refractivity (Wildman–Crippen MR) is 125 cm³/mol. The number of Topliss-reactive ketones (excluding diaryl/α,β-unsaturated/α-hetero) is 1. The van der Waals surface area contributed by atoms with E-state index in [2.05, 4.69) is 4.98 Å². The summed E-state index contributed by atoms with van der Waals surface area (Å²) in [5.41, 5.74) is 1.55. The monoisotopic (exact) mass is 460 g/mol. The number of aromatic nitrogens is 1. The molecule has 1 atom stereocenters. The number of hydrogen-bond donors (Lipinski definition) is 1. The zero-order valence-electron chi connectivity index (χ0n) is 18.9. The Morgan fingerprint density at radius 3 is 2.56 bits per heavy atom. The molecule has 0 aliphatic carbocycles. The minimum atomic E-state index is -0.854. The van der Waals surface area contributed by atoms with Gasteiger partial charge in [-0.1, -0.05) is 32.0 Å². The average Bonchev–Trinajstić information content (AvgIpc) is 3.08. The van der Waals surface area contributed by atoms with Gasteiger partial charge in [-0.15, -0.1) is 0 Å². The second-order valence-electron chi connectivity index (χ2n) is 8.57. The van der Waals surface area contributed by atoms with Crippen LogP contribution in [0.3, 0.4) is 0 Å². The molecule has 6 nitrogen and oxygen atoms in total. The van der Waals surface area contributed by atoms with Crippen molar-refractivity contribution in [3.05, 3.63) is 101 Å². The predicted octanol–water partition coefficient (Wildman–Crippen LogP) is 4.88. The molecule has 0 bridgehead atoms. The lowest BCUT2D eigenvalue weighted by molar-refractivity contribution is -0.140. The first kappa shape index (κ1) is 23.2. The first-order chi connectivity index (χ1) is 16.3. The first-order valence-electron chi connectivity index (χ1n) is 11.0. The molecule has 0 saturated carbocycles. The van der Waals surface area contributed by atoms with Crippen LogP contribution in [0.5, 0.6) is 5.75 Å². The number of ether oxygens (including phenoxy) is 1. The number of rotatable bonds is 7. The maximum atomic E-state index is 13.4. The molecule has 1 unspecified atom stereocenters. The molecule has 1 N–H and O–H groups in total. The van der Waals surface area contributed by atoms with Crippen molar-refractivity contribution in [2.45, 2.75) is 26.4 Å². The van der Waals surface area contributed by atoms with E-state index in [1.54, 1.807) is 42.7 Å². The molecule has 1 saturated heterocycles. The van der Waals surface area contributed by atoms with Gasteiger partial charge in [0.15, 0.2) is 0 Å². The summed E-state index contributed by atoms with van der Waals surface area (Å²) in [4.78, 5) is 31.8. The first-order valence-corrected chi connectivity index (χ1v) is 11.0. The summed E-state index contributed by atoms with van der Waals surface area (Å²) in [6, 6.07) is 15.0. The Bertz CT molecular complexity index is 1220. The van der Waals surface area contributed by atoms with Crippen LogP contribution in [0, 0.1) is 11.7 Å². The number of carbonyl (C=O) groups is 2. The third-order valence-electron chi connectivity index (χ3n) is 5.49. The molecule has 1 amide bonds. The normalized spacial score (nSPS) is 17.4. The van der Waals surface area contributed by atoms with Crippen molar-refractivity contribution in [2.24, 2.45) is 5.92 Å². The molecule has 0 spiro atoms. The molecule has 0 radical (unpaired) electrons. The highest BCUT2D eigenvalue weighted by atomic mass is 19.1. The van der Waals surface area contributed by atoms with E-state index in [9.17, 15) is 19.1 Å². The maximum absolute atomic E-state index is 13.4. The summed E-state index contributed by atoms with van der Waals surface area (Å²) in [5, 5.41) is 11.1. The fourth-order valence-corrected chi connectivity index (χ4v) is 3.88. The van der Waals surface area contributed by atoms with Gasteiger partial charge < -0.3 is 14.7 Å². The summed E-state index contributed by atoms with van der Waals surface area (Å²) >= 11 is 0. The van der Waals surface area contributed by atoms with Crippen LogP contribution in [-0.4, -0.2) is 33.3 Å². The zero-order valence-corrected chi connectivity index (χ0v) is 18.9. The van der Waals surface area contributed by atoms with Crippen LogP contribution in [0.4, 0.5) is 4.39 Å². The Balaban J connectivity index is 1.82. The third kappa shape index (κ3) is 4.83. The van der Waals surface area contributed by atoms with Crippen molar-refractivity contribution in [1.29, 1.82) is 0 Å². The number of aliphatic hydroxyl groups excluding tert-OH is 1. The van der Waals surface area contributed by atoms with Gasteiger partial charge in [0.2, 0.25) is 0 Å². The van der Waals surface area contributed by atoms with Crippen LogP contribution >= 0.6 is 0 Å². The number of aliphatic hydroxyl groups is 1. The van der Waals surface area contributed by atoms with Gasteiger partial charge in [-0.25, -0.2) is 4.39 Å². The third-order valence-corrected chi connectivity index (χ3v) is 5.49. The molecule has 1 aromatic heterocycles. The van der Waals surface area contributed by atoms with E-state index in [1.165, 1.54) is 29.2 Å². The maximum Gasteiger partial charge on any atom is 0.295 e. The molecule has 1 aliphatic heterocycles. The van der Waals surface area contributed by atoms with Crippen LogP contribution in [0.15, 0.2) is 78.6 Å². The molecule has 174 valence electrons. The highest BCUT2D eigenvalue weighted by Crippen LogP contribution is 2.41. The summed E-state index contributed by atoms with van der Waals surface area (Å²) < 4.78 is 19.3. The van der Waals surface area contributed by atoms with E-state index in [0.29, 0.717) is 23.8 Å². The Labute approximate surface area is 197 Å². The summed E-state index contributed by atoms with van der Waals surface area (Å²) in [7, 11) is 0. The van der Waals surface area contributed by atoms with Crippen molar-refractivity contribution in [3.8, 4) is 5.75 Å². The molecule has 1 aliphatic rings. The lowest BCUT2D eigenvalue weighted by Gasteiger charge is -2.25. The molecule has 4 rings (SSSR count). The van der Waals surface area contributed by atoms with Gasteiger partial charge in [0.05, 0.1) is 18.2 Å². The van der Waals surface area contributed by atoms with Crippen LogP contribution in [0.1, 0.15) is 36.6 Å². The van der Waals surface area contributed by atoms with Crippen molar-refractivity contribution in [3.63, 3.8) is 0 Å². The van der Waals surface area contributed by atoms with Crippen molar-refractivity contribution in [1.82, 2.24) is 9.88 Å². The van der Waals surface area contributed by atoms with Gasteiger partial charge in [-0.3, -0.25) is 14.6 Å². The Hall–Kier alpha value is -4.00. The summed E-state index contributed by atoms with van der Waals surface area (Å²) in [6.07, 6.45) is 3.25. The standard InChI is InChI=1S/C27H25FN2O4/c1-17(2)16-34-22-7-3-6-20(13-22)24-23(25(31)19-8-10-21(28)11-9-19)26(32)27(33)30(24)15-18-5-4-12-29-14-18/h3-14,17,24,31H,15-16H2,1-2H3/b25-23-. The second-order valence-corrected chi connectivity index (χ2v) is 8.57. The number of ketones is 1. The number of amides is 1. The number of benzene rings is 2. The van der Waals surface area contributed by atoms with Gasteiger partial charge in [-0.05, 0) is 59.5 Å². The van der Waals surface area contributed by atoms with Crippen LogP contribution in [0.25, 0.3) is 5.76 Å². The Morgan fingerprint density at radius 2 is 1.88 bits per heavy atom. The molecule has 2 aromatic carbocycles. The number of carbonyl (C=O) groups excluding carboxylic acids is 2. The minimum Gasteiger partial charge on any atom is -0.507 e. The highest BCUT2D eigenvalue weighted by Gasteiger charge is 2.46. The summed E-state index contributed by atoms with van der Waals surface area (Å²) in [6.45, 7) is 4.71. The largest absolute Gasteiger partial charge is 0.507 e. The van der Waals surface area contributed by atoms with Crippen molar-refractivity contribution < 1.29 is 23.8 Å². The minimum absolute atomic E-state index is 0.0542. The molecule has 34 heavy (non-hydrogen) atoms. The Morgan fingerprint density at radius 1 is 1.12 bits per heavy atom. The van der Waals surface area contributed by atoms with Crippen LogP contribution in [0.2, 0.25) is 0 Å². The fraction of sp³-hybridized carbons (Fsp3) is 0.222. The van der Waals surface area contributed by atoms with E-state index in [1.807, 2.05) is 19.9 Å². The van der Waals surface area contributed by atoms with Gasteiger partial charge in [-0.2, -0.15) is 0 Å². The molecule has 2 heterocycles. The van der Waals surface area contributed by atoms with Crippen molar-refractivity contribution >= 4 is 17.4 Å². The smallest absolute Gasteiger partial charge is 0.295 e. The van der Waals surface area contributed by atoms with Gasteiger partial charge in [0.1, 0.15) is 17.3 Å². The van der Waals surface area contributed by atoms with E-state index in [0.717, 1.165) is 5.56 Å². The summed E-state index contributed by atoms with van der Waals surface area (Å²) in [5.74, 6) is -1.45. The van der Waals surface area contributed by atoms with Crippen LogP contribution < -0.4 is 4.74 Å². The van der Waals surface area contributed by atoms with E-state index < -0.39 is 23.5 Å². The molecular formula is C27H25FN2O4. The highest BCUT2D eigenvalue weighted by molar-refractivity contribution is 6.46. The van der Waals surface area contributed by atoms with E-state index in [-0.39, 0.29) is 23.4 Å². The number of nitrogens with zero attached hydrogens (tertiary/aromatic N) is 2. The molecular weight excluding hydrogens is 435 g/mol. The zero-order chi connectivity index (χ0) is 24.2. The number of hydrogen-bond acceptors (Lipinski definition) is 5. The lowest BCUT2D eigenvalue weighted by atomic mass is 9.95. The number of halogens is 1. The van der Waals surface area contributed by atoms with E-state index in [4.69, 9.17) is 4.74 Å². The molecule has 7 heteroatoms.